The smallest absolute Gasteiger partial charge is 0.221 e. The van der Waals surface area contributed by atoms with Crippen LogP contribution in [-0.2, 0) is 11.3 Å². The maximum atomic E-state index is 12.3. The third kappa shape index (κ3) is 2.60. The predicted molar refractivity (Wildman–Crippen MR) is 99.3 cm³/mol. The Bertz CT molecular complexity index is 944. The number of hydrogen-bond acceptors (Lipinski definition) is 7. The van der Waals surface area contributed by atoms with E-state index >= 15 is 0 Å². The van der Waals surface area contributed by atoms with E-state index in [0.29, 0.717) is 13.0 Å². The third-order valence-corrected chi connectivity index (χ3v) is 6.76. The fourth-order valence-electron chi connectivity index (χ4n) is 3.69. The first kappa shape index (κ1) is 15.2. The van der Waals surface area contributed by atoms with E-state index in [1.54, 1.807) is 11.3 Å². The Morgan fingerprint density at radius 2 is 2.08 bits per heavy atom. The number of carbonyl (C=O) groups is 1. The normalized spacial score (nSPS) is 20.6. The maximum Gasteiger partial charge on any atom is 0.221 e. The molecular weight excluding hydrogens is 354 g/mol. The van der Waals surface area contributed by atoms with Gasteiger partial charge in [-0.05, 0) is 24.5 Å². The number of nitrogens with one attached hydrogen (secondary N) is 1. The molecule has 1 saturated heterocycles. The van der Waals surface area contributed by atoms with Crippen LogP contribution in [0.4, 0.5) is 5.13 Å². The number of hydrogen-bond donors (Lipinski definition) is 1. The maximum absolute atomic E-state index is 12.3. The molecule has 3 aromatic rings. The van der Waals surface area contributed by atoms with E-state index in [1.165, 1.54) is 29.4 Å². The highest BCUT2D eigenvalue weighted by Gasteiger charge is 2.31. The van der Waals surface area contributed by atoms with Gasteiger partial charge in [0.15, 0.2) is 5.13 Å². The number of rotatable bonds is 2. The number of amides is 1. The first-order chi connectivity index (χ1) is 12.3. The fourth-order valence-corrected chi connectivity index (χ4v) is 5.49. The number of anilines is 1. The number of aromatic nitrogens is 3. The Labute approximate surface area is 153 Å². The van der Waals surface area contributed by atoms with Crippen molar-refractivity contribution in [1.29, 1.82) is 0 Å². The van der Waals surface area contributed by atoms with Gasteiger partial charge in [-0.15, -0.1) is 11.3 Å². The van der Waals surface area contributed by atoms with Gasteiger partial charge in [0, 0.05) is 30.3 Å². The summed E-state index contributed by atoms with van der Waals surface area (Å²) in [6.07, 6.45) is 2.90. The molecule has 0 unspecified atom stereocenters. The molecule has 25 heavy (non-hydrogen) atoms. The molecule has 0 bridgehead atoms. The van der Waals surface area contributed by atoms with Gasteiger partial charge in [0.1, 0.15) is 11.0 Å². The lowest BCUT2D eigenvalue weighted by molar-refractivity contribution is -0.121. The van der Waals surface area contributed by atoms with Gasteiger partial charge in [-0.1, -0.05) is 12.1 Å². The first-order valence-corrected chi connectivity index (χ1v) is 10.1. The van der Waals surface area contributed by atoms with Crippen LogP contribution in [0.5, 0.6) is 0 Å². The zero-order valence-electron chi connectivity index (χ0n) is 13.6. The minimum atomic E-state index is -0.000969. The van der Waals surface area contributed by atoms with Gasteiger partial charge in [0.25, 0.3) is 0 Å². The summed E-state index contributed by atoms with van der Waals surface area (Å²) in [4.78, 5) is 20.7. The number of thiazole rings is 1. The Morgan fingerprint density at radius 1 is 1.20 bits per heavy atom. The molecule has 0 saturated carbocycles. The van der Waals surface area contributed by atoms with Crippen LogP contribution in [0.1, 0.15) is 41.3 Å². The van der Waals surface area contributed by atoms with E-state index in [4.69, 9.17) is 4.98 Å². The summed E-state index contributed by atoms with van der Waals surface area (Å²) in [5.41, 5.74) is 3.90. The van der Waals surface area contributed by atoms with Gasteiger partial charge in [-0.25, -0.2) is 4.98 Å². The lowest BCUT2D eigenvalue weighted by Crippen LogP contribution is -2.22. The van der Waals surface area contributed by atoms with Gasteiger partial charge in [0.05, 0.1) is 24.0 Å². The molecule has 6 nitrogen and oxygen atoms in total. The summed E-state index contributed by atoms with van der Waals surface area (Å²) in [7, 11) is 0. The lowest BCUT2D eigenvalue weighted by atomic mass is 9.92. The second kappa shape index (κ2) is 6.03. The van der Waals surface area contributed by atoms with E-state index in [2.05, 4.69) is 25.0 Å². The molecule has 0 aliphatic carbocycles. The van der Waals surface area contributed by atoms with Crippen LogP contribution in [0.25, 0.3) is 11.0 Å². The van der Waals surface area contributed by atoms with Crippen molar-refractivity contribution in [3.8, 4) is 0 Å². The highest BCUT2D eigenvalue weighted by atomic mass is 32.1. The molecule has 1 aromatic carbocycles. The van der Waals surface area contributed by atoms with E-state index in [1.807, 2.05) is 12.1 Å². The van der Waals surface area contributed by atoms with Crippen molar-refractivity contribution in [1.82, 2.24) is 19.0 Å². The summed E-state index contributed by atoms with van der Waals surface area (Å²) in [5, 5.41) is 4.09. The van der Waals surface area contributed by atoms with Crippen molar-refractivity contribution in [2.75, 3.05) is 18.0 Å². The Balaban J connectivity index is 1.63. The zero-order valence-corrected chi connectivity index (χ0v) is 15.2. The summed E-state index contributed by atoms with van der Waals surface area (Å²) in [6, 6.07) is 6.05. The molecule has 1 fully saturated rings. The molecule has 128 valence electrons. The monoisotopic (exact) mass is 371 g/mol. The minimum absolute atomic E-state index is 0.000969. The molecule has 1 N–H and O–H groups in total. The molecule has 2 aromatic heterocycles. The molecular formula is C17H17N5OS2. The van der Waals surface area contributed by atoms with Crippen LogP contribution < -0.4 is 10.2 Å². The number of nitrogens with zero attached hydrogens (tertiary/aromatic N) is 4. The topological polar surface area (TPSA) is 71.0 Å². The third-order valence-electron chi connectivity index (χ3n) is 4.94. The molecule has 0 spiro atoms. The second-order valence-electron chi connectivity index (χ2n) is 6.51. The number of benzene rings is 1. The standard InChI is InChI=1S/C17H17N5OS2/c23-14-8-11(10-4-3-5-12-15(10)21-25-20-12)16-13(9-18-14)19-17(24-16)22-6-1-2-7-22/h3-5,11H,1-2,6-9H2,(H,18,23)/t11-/m0/s1. The van der Waals surface area contributed by atoms with Crippen molar-refractivity contribution in [2.24, 2.45) is 0 Å². The molecule has 1 amide bonds. The Kier molecular flexibility index (Phi) is 3.67. The van der Waals surface area contributed by atoms with Crippen molar-refractivity contribution in [3.63, 3.8) is 0 Å². The molecule has 0 radical (unpaired) electrons. The van der Waals surface area contributed by atoms with E-state index < -0.39 is 0 Å². The predicted octanol–water partition coefficient (Wildman–Crippen LogP) is 2.90. The van der Waals surface area contributed by atoms with Gasteiger partial charge >= 0.3 is 0 Å². The van der Waals surface area contributed by atoms with Crippen LogP contribution in [0.15, 0.2) is 18.2 Å². The molecule has 1 atom stereocenters. The van der Waals surface area contributed by atoms with Gasteiger partial charge in [-0.3, -0.25) is 4.79 Å². The largest absolute Gasteiger partial charge is 0.350 e. The molecule has 5 rings (SSSR count). The van der Waals surface area contributed by atoms with Crippen LogP contribution in [-0.4, -0.2) is 32.7 Å². The van der Waals surface area contributed by atoms with Gasteiger partial charge in [-0.2, -0.15) is 8.75 Å². The molecule has 2 aliphatic rings. The lowest BCUT2D eigenvalue weighted by Gasteiger charge is -2.15. The minimum Gasteiger partial charge on any atom is -0.350 e. The van der Waals surface area contributed by atoms with Crippen molar-refractivity contribution in [2.45, 2.75) is 31.7 Å². The van der Waals surface area contributed by atoms with E-state index in [0.717, 1.165) is 40.5 Å². The highest BCUT2D eigenvalue weighted by Crippen LogP contribution is 2.41. The average Bonchev–Trinajstić information content (AvgIpc) is 3.35. The first-order valence-electron chi connectivity index (χ1n) is 8.52. The molecule has 8 heteroatoms. The van der Waals surface area contributed by atoms with Gasteiger partial charge < -0.3 is 10.2 Å². The summed E-state index contributed by atoms with van der Waals surface area (Å²) >= 11 is 2.96. The molecule has 4 heterocycles. The Hall–Kier alpha value is -2.06. The van der Waals surface area contributed by atoms with Gasteiger partial charge in [0.2, 0.25) is 5.91 Å². The highest BCUT2D eigenvalue weighted by molar-refractivity contribution is 7.15. The number of carbonyl (C=O) groups excluding carboxylic acids is 1. The zero-order chi connectivity index (χ0) is 16.8. The van der Waals surface area contributed by atoms with Crippen LogP contribution in [0, 0.1) is 0 Å². The summed E-state index contributed by atoms with van der Waals surface area (Å²) in [6.45, 7) is 2.67. The van der Waals surface area contributed by atoms with Crippen molar-refractivity contribution >= 4 is 45.1 Å². The second-order valence-corrected chi connectivity index (χ2v) is 8.05. The average molecular weight is 371 g/mol. The van der Waals surface area contributed by atoms with Crippen molar-refractivity contribution in [3.05, 3.63) is 34.3 Å². The SMILES string of the molecule is O=C1C[C@@H](c2cccc3nsnc23)c2sc(N3CCCC3)nc2CN1. The summed E-state index contributed by atoms with van der Waals surface area (Å²) in [5.74, 6) is 0.0667. The van der Waals surface area contributed by atoms with Crippen LogP contribution in [0.2, 0.25) is 0 Å². The number of fused-ring (bicyclic) bond motifs is 2. The van der Waals surface area contributed by atoms with E-state index in [9.17, 15) is 4.79 Å². The van der Waals surface area contributed by atoms with Crippen LogP contribution in [0.3, 0.4) is 0 Å². The van der Waals surface area contributed by atoms with E-state index in [-0.39, 0.29) is 11.8 Å². The molecule has 2 aliphatic heterocycles. The Morgan fingerprint density at radius 3 is 2.96 bits per heavy atom. The fraction of sp³-hybridized carbons (Fsp3) is 0.412. The van der Waals surface area contributed by atoms with Crippen molar-refractivity contribution < 1.29 is 4.79 Å². The quantitative estimate of drug-likeness (QED) is 0.750. The summed E-state index contributed by atoms with van der Waals surface area (Å²) < 4.78 is 8.83. The van der Waals surface area contributed by atoms with Crippen LogP contribution >= 0.6 is 23.1 Å².